The second kappa shape index (κ2) is 8.31. The average molecular weight is 401 g/mol. The number of amides is 2. The van der Waals surface area contributed by atoms with Crippen molar-refractivity contribution in [2.45, 2.75) is 0 Å². The molecule has 0 bridgehead atoms. The first kappa shape index (κ1) is 17.8. The molecule has 2 aromatic rings. The molecule has 1 aromatic heterocycles. The molecule has 0 aliphatic heterocycles. The lowest BCUT2D eigenvalue weighted by atomic mass is 10.2. The number of halogens is 2. The van der Waals surface area contributed by atoms with E-state index in [9.17, 15) is 14.4 Å². The normalized spacial score (nSPS) is 11.2. The lowest BCUT2D eigenvalue weighted by Crippen LogP contribution is -2.31. The minimum Gasteiger partial charge on any atom is -0.470 e. The maximum absolute atomic E-state index is 13.3. The number of oxime groups is 1. The van der Waals surface area contributed by atoms with E-state index in [1.54, 1.807) is 0 Å². The number of anilines is 2. The number of nitrogens with zero attached hydrogens (tertiary/aromatic N) is 1. The van der Waals surface area contributed by atoms with Gasteiger partial charge in [0, 0.05) is 12.2 Å². The summed E-state index contributed by atoms with van der Waals surface area (Å²) in [4.78, 5) is 11.6. The molecular weight excluding hydrogens is 387 g/mol. The Kier molecular flexibility index (Phi) is 6.15. The highest BCUT2D eigenvalue weighted by atomic mass is 79.9. The minimum absolute atomic E-state index is 0.0142. The van der Waals surface area contributed by atoms with Crippen LogP contribution in [0.3, 0.4) is 0 Å². The first-order valence-electron chi connectivity index (χ1n) is 6.71. The summed E-state index contributed by atoms with van der Waals surface area (Å²) in [7, 11) is 0. The van der Waals surface area contributed by atoms with Crippen LogP contribution in [-0.2, 0) is 0 Å². The zero-order valence-electron chi connectivity index (χ0n) is 12.2. The largest absolute Gasteiger partial charge is 0.470 e. The van der Waals surface area contributed by atoms with Crippen LogP contribution in [0.2, 0.25) is 0 Å². The van der Waals surface area contributed by atoms with E-state index in [4.69, 9.17) is 9.52 Å². The second-order valence-electron chi connectivity index (χ2n) is 4.51. The number of carbonyl (C=O) groups excluding carboxylic acids is 1. The van der Waals surface area contributed by atoms with Gasteiger partial charge in [-0.05, 0) is 34.1 Å². The zero-order chi connectivity index (χ0) is 17.5. The number of aliphatic hydroxyl groups is 1. The van der Waals surface area contributed by atoms with E-state index in [2.05, 4.69) is 37.0 Å². The third-order valence-corrected chi connectivity index (χ3v) is 3.45. The lowest BCUT2D eigenvalue weighted by Gasteiger charge is -2.10. The SMILES string of the molecule is O=C(NCCO)Nc1cocc1/C(=N/O)Nc1ccc(F)c(Br)c1. The van der Waals surface area contributed by atoms with Crippen LogP contribution in [0.5, 0.6) is 0 Å². The molecule has 8 nitrogen and oxygen atoms in total. The third kappa shape index (κ3) is 4.46. The van der Waals surface area contributed by atoms with Crippen LogP contribution in [0.4, 0.5) is 20.6 Å². The second-order valence-corrected chi connectivity index (χ2v) is 5.36. The van der Waals surface area contributed by atoms with Gasteiger partial charge in [0.15, 0.2) is 5.84 Å². The molecule has 1 heterocycles. The minimum atomic E-state index is -0.562. The van der Waals surface area contributed by atoms with Gasteiger partial charge in [-0.1, -0.05) is 5.16 Å². The van der Waals surface area contributed by atoms with Crippen LogP contribution in [-0.4, -0.2) is 35.3 Å². The smallest absolute Gasteiger partial charge is 0.319 e. The summed E-state index contributed by atoms with van der Waals surface area (Å²) in [6, 6.07) is 3.58. The molecule has 24 heavy (non-hydrogen) atoms. The van der Waals surface area contributed by atoms with Crippen LogP contribution >= 0.6 is 15.9 Å². The van der Waals surface area contributed by atoms with Crippen molar-refractivity contribution in [1.82, 2.24) is 5.32 Å². The molecule has 128 valence electrons. The number of nitrogens with one attached hydrogen (secondary N) is 3. The van der Waals surface area contributed by atoms with E-state index in [1.807, 2.05) is 0 Å². The molecule has 0 saturated carbocycles. The Labute approximate surface area is 144 Å². The van der Waals surface area contributed by atoms with Gasteiger partial charge < -0.3 is 30.7 Å². The Morgan fingerprint density at radius 1 is 1.33 bits per heavy atom. The van der Waals surface area contributed by atoms with Gasteiger partial charge in [-0.15, -0.1) is 0 Å². The molecule has 0 aliphatic carbocycles. The molecule has 2 amide bonds. The Morgan fingerprint density at radius 2 is 2.12 bits per heavy atom. The zero-order valence-corrected chi connectivity index (χ0v) is 13.8. The molecule has 5 N–H and O–H groups in total. The Hall–Kier alpha value is -2.59. The van der Waals surface area contributed by atoms with E-state index in [0.717, 1.165) is 0 Å². The van der Waals surface area contributed by atoms with Crippen LogP contribution < -0.4 is 16.0 Å². The third-order valence-electron chi connectivity index (χ3n) is 2.84. The summed E-state index contributed by atoms with van der Waals surface area (Å²) >= 11 is 3.06. The van der Waals surface area contributed by atoms with Crippen LogP contribution in [0.15, 0.2) is 44.8 Å². The summed E-state index contributed by atoms with van der Waals surface area (Å²) in [6.45, 7) is -0.113. The van der Waals surface area contributed by atoms with Crippen molar-refractivity contribution in [3.63, 3.8) is 0 Å². The van der Waals surface area contributed by atoms with Gasteiger partial charge >= 0.3 is 6.03 Å². The lowest BCUT2D eigenvalue weighted by molar-refractivity contribution is 0.244. The number of amidine groups is 1. The Morgan fingerprint density at radius 3 is 2.79 bits per heavy atom. The van der Waals surface area contributed by atoms with Crippen LogP contribution in [0, 0.1) is 5.82 Å². The molecule has 0 aliphatic rings. The number of benzene rings is 1. The van der Waals surface area contributed by atoms with Crippen molar-refractivity contribution in [2.75, 3.05) is 23.8 Å². The van der Waals surface area contributed by atoms with Gasteiger partial charge in [-0.3, -0.25) is 0 Å². The standard InChI is InChI=1S/C14H14BrFN4O4/c15-10-5-8(1-2-11(10)16)18-13(20-23)9-6-24-7-12(9)19-14(22)17-3-4-21/h1-2,5-7,21,23H,3-4H2,(H,18,20)(H2,17,19,22). The highest BCUT2D eigenvalue weighted by Crippen LogP contribution is 2.23. The Balaban J connectivity index is 2.15. The number of hydrogen-bond donors (Lipinski definition) is 5. The molecule has 10 heteroatoms. The van der Waals surface area contributed by atoms with E-state index in [0.29, 0.717) is 5.69 Å². The van der Waals surface area contributed by atoms with Gasteiger partial charge in [0.05, 0.1) is 22.3 Å². The van der Waals surface area contributed by atoms with E-state index in [-0.39, 0.29) is 34.7 Å². The van der Waals surface area contributed by atoms with Gasteiger partial charge in [0.25, 0.3) is 0 Å². The van der Waals surface area contributed by atoms with E-state index < -0.39 is 11.8 Å². The van der Waals surface area contributed by atoms with Crippen molar-refractivity contribution in [3.05, 3.63) is 46.6 Å². The predicted octanol–water partition coefficient (Wildman–Crippen LogP) is 2.54. The summed E-state index contributed by atoms with van der Waals surface area (Å²) in [6.07, 6.45) is 2.52. The number of hydrogen-bond acceptors (Lipinski definition) is 5. The first-order chi connectivity index (χ1) is 11.5. The predicted molar refractivity (Wildman–Crippen MR) is 88.9 cm³/mol. The fraction of sp³-hybridized carbons (Fsp3) is 0.143. The first-order valence-corrected chi connectivity index (χ1v) is 7.51. The highest BCUT2D eigenvalue weighted by molar-refractivity contribution is 9.10. The maximum atomic E-state index is 13.3. The summed E-state index contributed by atoms with van der Waals surface area (Å²) < 4.78 is 18.5. The van der Waals surface area contributed by atoms with Gasteiger partial charge in [0.1, 0.15) is 18.3 Å². The van der Waals surface area contributed by atoms with Crippen molar-refractivity contribution in [2.24, 2.45) is 5.16 Å². The molecule has 0 fully saturated rings. The summed E-state index contributed by atoms with van der Waals surface area (Å²) in [5.41, 5.74) is 0.969. The number of urea groups is 1. The topological polar surface area (TPSA) is 119 Å². The van der Waals surface area contributed by atoms with E-state index >= 15 is 0 Å². The number of aliphatic hydroxyl groups excluding tert-OH is 1. The number of rotatable bonds is 5. The summed E-state index contributed by atoms with van der Waals surface area (Å²) in [5.74, 6) is -0.450. The molecule has 0 radical (unpaired) electrons. The van der Waals surface area contributed by atoms with E-state index in [1.165, 1.54) is 30.7 Å². The Bertz CT molecular complexity index is 750. The molecule has 0 saturated heterocycles. The number of furan rings is 1. The van der Waals surface area contributed by atoms with Gasteiger partial charge in [-0.25, -0.2) is 9.18 Å². The fourth-order valence-electron chi connectivity index (χ4n) is 1.77. The van der Waals surface area contributed by atoms with Crippen molar-refractivity contribution < 1.29 is 23.9 Å². The fourth-order valence-corrected chi connectivity index (χ4v) is 2.15. The summed E-state index contributed by atoms with van der Waals surface area (Å²) in [5, 5.41) is 28.7. The molecule has 0 unspecified atom stereocenters. The van der Waals surface area contributed by atoms with Crippen molar-refractivity contribution in [1.29, 1.82) is 0 Å². The number of carbonyl (C=O) groups is 1. The quantitative estimate of drug-likeness (QED) is 0.228. The van der Waals surface area contributed by atoms with Crippen molar-refractivity contribution >= 4 is 39.2 Å². The monoisotopic (exact) mass is 400 g/mol. The van der Waals surface area contributed by atoms with Crippen LogP contribution in [0.1, 0.15) is 5.56 Å². The molecule has 0 atom stereocenters. The highest BCUT2D eigenvalue weighted by Gasteiger charge is 2.16. The van der Waals surface area contributed by atoms with Crippen LogP contribution in [0.25, 0.3) is 0 Å². The van der Waals surface area contributed by atoms with Crippen molar-refractivity contribution in [3.8, 4) is 0 Å². The van der Waals surface area contributed by atoms with Gasteiger partial charge in [-0.2, -0.15) is 0 Å². The van der Waals surface area contributed by atoms with Gasteiger partial charge in [0.2, 0.25) is 0 Å². The molecule has 2 rings (SSSR count). The average Bonchev–Trinajstić information content (AvgIpc) is 3.01. The molecule has 1 aromatic carbocycles. The molecule has 0 spiro atoms. The molecular formula is C14H14BrFN4O4. The maximum Gasteiger partial charge on any atom is 0.319 e.